The van der Waals surface area contributed by atoms with Crippen molar-refractivity contribution in [3.8, 4) is 0 Å². The summed E-state index contributed by atoms with van der Waals surface area (Å²) >= 11 is 0. The largest absolute Gasteiger partial charge is 0.308 e. The van der Waals surface area contributed by atoms with E-state index in [1.54, 1.807) is 0 Å². The maximum absolute atomic E-state index is 3.93. The predicted octanol–water partition coefficient (Wildman–Crippen LogP) is 2.71. The van der Waals surface area contributed by atoms with E-state index in [2.05, 4.69) is 29.0 Å². The van der Waals surface area contributed by atoms with Crippen LogP contribution in [0.2, 0.25) is 0 Å². The predicted molar refractivity (Wildman–Crippen MR) is 89.7 cm³/mol. The summed E-state index contributed by atoms with van der Waals surface area (Å²) < 4.78 is 0. The van der Waals surface area contributed by atoms with E-state index in [0.717, 1.165) is 12.0 Å². The van der Waals surface area contributed by atoms with E-state index >= 15 is 0 Å². The number of hydrogen-bond donors (Lipinski definition) is 1. The van der Waals surface area contributed by atoms with Gasteiger partial charge < -0.3 is 10.2 Å². The summed E-state index contributed by atoms with van der Waals surface area (Å²) in [6, 6.07) is 0.778. The van der Waals surface area contributed by atoms with Crippen molar-refractivity contribution in [2.45, 2.75) is 70.4 Å². The molecule has 122 valence electrons. The number of likely N-dealkylation sites (tertiary alicyclic amines) is 1. The van der Waals surface area contributed by atoms with Gasteiger partial charge >= 0.3 is 0 Å². The minimum Gasteiger partial charge on any atom is -0.308 e. The van der Waals surface area contributed by atoms with Crippen molar-refractivity contribution in [3.63, 3.8) is 0 Å². The first-order chi connectivity index (χ1) is 10.2. The van der Waals surface area contributed by atoms with Gasteiger partial charge in [0.25, 0.3) is 0 Å². The summed E-state index contributed by atoms with van der Waals surface area (Å²) in [6.07, 6.45) is 9.83. The smallest absolute Gasteiger partial charge is 0.0309 e. The second kappa shape index (κ2) is 6.97. The molecule has 2 aliphatic heterocycles. The van der Waals surface area contributed by atoms with E-state index < -0.39 is 0 Å². The third kappa shape index (κ3) is 3.62. The van der Waals surface area contributed by atoms with E-state index in [0.29, 0.717) is 5.54 Å². The molecule has 0 bridgehead atoms. The van der Waals surface area contributed by atoms with Crippen molar-refractivity contribution < 1.29 is 0 Å². The van der Waals surface area contributed by atoms with Gasteiger partial charge in [0.05, 0.1) is 0 Å². The molecular formula is C18H35N3. The lowest BCUT2D eigenvalue weighted by molar-refractivity contribution is 0.0508. The van der Waals surface area contributed by atoms with Crippen LogP contribution >= 0.6 is 0 Å². The standard InChI is InChI=1S/C18H35N3/c1-3-17-13-19-18(9-5-6-10-18)15-21(17)14-16-7-11-20(4-2)12-8-16/h16-17,19H,3-15H2,1-2H3. The van der Waals surface area contributed by atoms with Crippen molar-refractivity contribution in [3.05, 3.63) is 0 Å². The molecule has 3 heteroatoms. The highest BCUT2D eigenvalue weighted by Crippen LogP contribution is 2.34. The average molecular weight is 293 g/mol. The van der Waals surface area contributed by atoms with Crippen LogP contribution < -0.4 is 5.32 Å². The first-order valence-corrected chi connectivity index (χ1v) is 9.46. The monoisotopic (exact) mass is 293 g/mol. The van der Waals surface area contributed by atoms with Crippen LogP contribution in [0.15, 0.2) is 0 Å². The molecule has 0 aromatic heterocycles. The van der Waals surface area contributed by atoms with Gasteiger partial charge in [-0.25, -0.2) is 0 Å². The molecular weight excluding hydrogens is 258 g/mol. The Morgan fingerprint density at radius 2 is 1.81 bits per heavy atom. The Morgan fingerprint density at radius 1 is 1.10 bits per heavy atom. The molecule has 1 unspecified atom stereocenters. The number of piperidine rings is 1. The lowest BCUT2D eigenvalue weighted by Gasteiger charge is -2.48. The van der Waals surface area contributed by atoms with Gasteiger partial charge in [-0.1, -0.05) is 26.7 Å². The Morgan fingerprint density at radius 3 is 2.43 bits per heavy atom. The Hall–Kier alpha value is -0.120. The lowest BCUT2D eigenvalue weighted by Crippen LogP contribution is -2.63. The number of piperazine rings is 1. The Balaban J connectivity index is 1.56. The molecule has 0 aromatic carbocycles. The van der Waals surface area contributed by atoms with Crippen LogP contribution in [0.1, 0.15) is 58.8 Å². The fourth-order valence-electron chi connectivity index (χ4n) is 4.86. The third-order valence-electron chi connectivity index (χ3n) is 6.41. The summed E-state index contributed by atoms with van der Waals surface area (Å²) in [6.45, 7) is 12.5. The van der Waals surface area contributed by atoms with Crippen molar-refractivity contribution in [1.29, 1.82) is 0 Å². The Labute approximate surface area is 131 Å². The summed E-state index contributed by atoms with van der Waals surface area (Å²) in [5.41, 5.74) is 0.482. The first-order valence-electron chi connectivity index (χ1n) is 9.46. The molecule has 0 aromatic rings. The van der Waals surface area contributed by atoms with Crippen LogP contribution in [0.5, 0.6) is 0 Å². The van der Waals surface area contributed by atoms with Gasteiger partial charge in [-0.15, -0.1) is 0 Å². The summed E-state index contributed by atoms with van der Waals surface area (Å²) in [4.78, 5) is 5.48. The van der Waals surface area contributed by atoms with Crippen LogP contribution in [0.3, 0.4) is 0 Å². The molecule has 0 amide bonds. The molecule has 3 aliphatic rings. The highest BCUT2D eigenvalue weighted by atomic mass is 15.3. The van der Waals surface area contributed by atoms with Gasteiger partial charge in [-0.05, 0) is 57.7 Å². The highest BCUT2D eigenvalue weighted by Gasteiger charge is 2.41. The second-order valence-electron chi connectivity index (χ2n) is 7.74. The lowest BCUT2D eigenvalue weighted by atomic mass is 9.89. The maximum atomic E-state index is 3.93. The fourth-order valence-corrected chi connectivity index (χ4v) is 4.86. The van der Waals surface area contributed by atoms with Crippen molar-refractivity contribution in [1.82, 2.24) is 15.1 Å². The topological polar surface area (TPSA) is 18.5 Å². The van der Waals surface area contributed by atoms with Gasteiger partial charge in [0.1, 0.15) is 0 Å². The highest BCUT2D eigenvalue weighted by molar-refractivity contribution is 5.01. The van der Waals surface area contributed by atoms with Crippen LogP contribution in [0.25, 0.3) is 0 Å². The zero-order chi connectivity index (χ0) is 14.7. The van der Waals surface area contributed by atoms with Crippen LogP contribution in [0.4, 0.5) is 0 Å². The number of nitrogens with one attached hydrogen (secondary N) is 1. The van der Waals surface area contributed by atoms with E-state index in [1.807, 2.05) is 0 Å². The van der Waals surface area contributed by atoms with Gasteiger partial charge in [0.15, 0.2) is 0 Å². The normalized spacial score (nSPS) is 32.0. The Bertz CT molecular complexity index is 316. The molecule has 3 nitrogen and oxygen atoms in total. The summed E-state index contributed by atoms with van der Waals surface area (Å²) in [7, 11) is 0. The molecule has 2 heterocycles. The van der Waals surface area contributed by atoms with Gasteiger partial charge in [0, 0.05) is 31.2 Å². The molecule has 1 N–H and O–H groups in total. The van der Waals surface area contributed by atoms with Crippen molar-refractivity contribution in [2.75, 3.05) is 39.3 Å². The fraction of sp³-hybridized carbons (Fsp3) is 1.00. The summed E-state index contributed by atoms with van der Waals surface area (Å²) in [5, 5.41) is 3.93. The van der Waals surface area contributed by atoms with Gasteiger partial charge in [0.2, 0.25) is 0 Å². The van der Waals surface area contributed by atoms with E-state index in [-0.39, 0.29) is 0 Å². The molecule has 1 atom stereocenters. The maximum Gasteiger partial charge on any atom is 0.0309 e. The van der Waals surface area contributed by atoms with Gasteiger partial charge in [-0.3, -0.25) is 4.90 Å². The van der Waals surface area contributed by atoms with Crippen molar-refractivity contribution in [2.24, 2.45) is 5.92 Å². The van der Waals surface area contributed by atoms with E-state index in [4.69, 9.17) is 0 Å². The average Bonchev–Trinajstić information content (AvgIpc) is 2.96. The molecule has 3 fully saturated rings. The van der Waals surface area contributed by atoms with Gasteiger partial charge in [-0.2, -0.15) is 0 Å². The second-order valence-corrected chi connectivity index (χ2v) is 7.74. The molecule has 3 rings (SSSR count). The first kappa shape index (κ1) is 15.8. The zero-order valence-electron chi connectivity index (χ0n) is 14.2. The summed E-state index contributed by atoms with van der Waals surface area (Å²) in [5.74, 6) is 0.943. The minimum atomic E-state index is 0.482. The number of nitrogens with zero attached hydrogens (tertiary/aromatic N) is 2. The minimum absolute atomic E-state index is 0.482. The van der Waals surface area contributed by atoms with E-state index in [1.165, 1.54) is 84.2 Å². The molecule has 1 saturated carbocycles. The molecule has 1 spiro atoms. The Kier molecular flexibility index (Phi) is 5.23. The molecule has 1 aliphatic carbocycles. The van der Waals surface area contributed by atoms with Crippen molar-refractivity contribution >= 4 is 0 Å². The number of hydrogen-bond acceptors (Lipinski definition) is 3. The molecule has 0 radical (unpaired) electrons. The molecule has 2 saturated heterocycles. The van der Waals surface area contributed by atoms with E-state index in [9.17, 15) is 0 Å². The SMILES string of the molecule is CCC1CNC2(CCCC2)CN1CC1CCN(CC)CC1. The molecule has 21 heavy (non-hydrogen) atoms. The van der Waals surface area contributed by atoms with Crippen LogP contribution in [-0.4, -0.2) is 60.6 Å². The zero-order valence-corrected chi connectivity index (χ0v) is 14.2. The van der Waals surface area contributed by atoms with Crippen LogP contribution in [-0.2, 0) is 0 Å². The number of rotatable bonds is 4. The van der Waals surface area contributed by atoms with Crippen LogP contribution in [0, 0.1) is 5.92 Å². The quantitative estimate of drug-likeness (QED) is 0.860. The third-order valence-corrected chi connectivity index (χ3v) is 6.41.